The van der Waals surface area contributed by atoms with Gasteiger partial charge in [-0.3, -0.25) is 0 Å². The molecular formula is C20H15IO2. The lowest BCUT2D eigenvalue weighted by Gasteiger charge is -2.07. The van der Waals surface area contributed by atoms with Gasteiger partial charge in [-0.05, 0) is 70.5 Å². The number of aryl methyl sites for hydroxylation is 1. The maximum atomic E-state index is 12.2. The number of hydrogen-bond donors (Lipinski definition) is 0. The third-order valence-electron chi connectivity index (χ3n) is 3.58. The number of hydrogen-bond acceptors (Lipinski definition) is 2. The minimum atomic E-state index is -0.338. The lowest BCUT2D eigenvalue weighted by Crippen LogP contribution is -2.08. The summed E-state index contributed by atoms with van der Waals surface area (Å²) in [6.45, 7) is 2.01. The predicted molar refractivity (Wildman–Crippen MR) is 101 cm³/mol. The molecule has 0 fully saturated rings. The molecule has 0 atom stereocenters. The average Bonchev–Trinajstić information content (AvgIpc) is 2.59. The SMILES string of the molecule is Cc1ccc(C(=O)Oc2ccc(-c3ccccc3)cc2)cc1I. The summed E-state index contributed by atoms with van der Waals surface area (Å²) in [7, 11) is 0. The van der Waals surface area contributed by atoms with Gasteiger partial charge in [-0.1, -0.05) is 48.5 Å². The summed E-state index contributed by atoms with van der Waals surface area (Å²) >= 11 is 2.22. The van der Waals surface area contributed by atoms with Gasteiger partial charge in [-0.2, -0.15) is 0 Å². The highest BCUT2D eigenvalue weighted by Crippen LogP contribution is 2.23. The third-order valence-corrected chi connectivity index (χ3v) is 4.74. The van der Waals surface area contributed by atoms with Gasteiger partial charge in [0.25, 0.3) is 0 Å². The smallest absolute Gasteiger partial charge is 0.343 e. The molecule has 23 heavy (non-hydrogen) atoms. The maximum absolute atomic E-state index is 12.2. The molecule has 0 heterocycles. The molecule has 3 aromatic carbocycles. The van der Waals surface area contributed by atoms with Gasteiger partial charge in [0.05, 0.1) is 5.56 Å². The first-order chi connectivity index (χ1) is 11.1. The molecule has 0 aromatic heterocycles. The van der Waals surface area contributed by atoms with E-state index in [2.05, 4.69) is 34.7 Å². The van der Waals surface area contributed by atoms with Crippen molar-refractivity contribution in [2.45, 2.75) is 6.92 Å². The van der Waals surface area contributed by atoms with Gasteiger partial charge in [0.1, 0.15) is 5.75 Å². The number of esters is 1. The zero-order chi connectivity index (χ0) is 16.2. The van der Waals surface area contributed by atoms with E-state index in [1.165, 1.54) is 0 Å². The molecule has 3 aromatic rings. The fraction of sp³-hybridized carbons (Fsp3) is 0.0500. The van der Waals surface area contributed by atoms with E-state index in [0.29, 0.717) is 11.3 Å². The van der Waals surface area contributed by atoms with Crippen LogP contribution in [0.25, 0.3) is 11.1 Å². The second kappa shape index (κ2) is 6.96. The van der Waals surface area contributed by atoms with Crippen LogP contribution >= 0.6 is 22.6 Å². The van der Waals surface area contributed by atoms with Crippen LogP contribution < -0.4 is 4.74 Å². The Morgan fingerprint density at radius 2 is 1.52 bits per heavy atom. The number of ether oxygens (including phenoxy) is 1. The maximum Gasteiger partial charge on any atom is 0.343 e. The highest BCUT2D eigenvalue weighted by atomic mass is 127. The number of carbonyl (C=O) groups excluding carboxylic acids is 1. The van der Waals surface area contributed by atoms with Gasteiger partial charge in [-0.15, -0.1) is 0 Å². The van der Waals surface area contributed by atoms with Gasteiger partial charge in [0, 0.05) is 3.57 Å². The van der Waals surface area contributed by atoms with Gasteiger partial charge in [0.15, 0.2) is 0 Å². The van der Waals surface area contributed by atoms with Crippen LogP contribution in [0.3, 0.4) is 0 Å². The second-order valence-electron chi connectivity index (χ2n) is 5.24. The van der Waals surface area contributed by atoms with Crippen molar-refractivity contribution in [3.63, 3.8) is 0 Å². The molecule has 0 spiro atoms. The Morgan fingerprint density at radius 1 is 0.870 bits per heavy atom. The number of benzene rings is 3. The van der Waals surface area contributed by atoms with Crippen LogP contribution in [0.4, 0.5) is 0 Å². The first-order valence-corrected chi connectivity index (χ1v) is 8.35. The van der Waals surface area contributed by atoms with E-state index in [9.17, 15) is 4.79 Å². The fourth-order valence-corrected chi connectivity index (χ4v) is 2.75. The Morgan fingerprint density at radius 3 is 2.17 bits per heavy atom. The fourth-order valence-electron chi connectivity index (χ4n) is 2.23. The molecule has 2 nitrogen and oxygen atoms in total. The number of halogens is 1. The quantitative estimate of drug-likeness (QED) is 0.322. The van der Waals surface area contributed by atoms with E-state index in [-0.39, 0.29) is 5.97 Å². The molecule has 0 amide bonds. The monoisotopic (exact) mass is 414 g/mol. The van der Waals surface area contributed by atoms with Crippen molar-refractivity contribution in [1.82, 2.24) is 0 Å². The largest absolute Gasteiger partial charge is 0.423 e. The van der Waals surface area contributed by atoms with Crippen molar-refractivity contribution in [3.8, 4) is 16.9 Å². The standard InChI is InChI=1S/C20H15IO2/c1-14-7-8-17(13-19(14)21)20(22)23-18-11-9-16(10-12-18)15-5-3-2-4-6-15/h2-13H,1H3. The number of carbonyl (C=O) groups is 1. The Labute approximate surface area is 149 Å². The highest BCUT2D eigenvalue weighted by molar-refractivity contribution is 14.1. The third kappa shape index (κ3) is 3.79. The van der Waals surface area contributed by atoms with Crippen molar-refractivity contribution in [3.05, 3.63) is 87.5 Å². The van der Waals surface area contributed by atoms with Crippen LogP contribution in [0.1, 0.15) is 15.9 Å². The summed E-state index contributed by atoms with van der Waals surface area (Å²) in [5.41, 5.74) is 3.94. The average molecular weight is 414 g/mol. The van der Waals surface area contributed by atoms with E-state index in [0.717, 1.165) is 20.3 Å². The molecule has 3 heteroatoms. The van der Waals surface area contributed by atoms with Crippen LogP contribution in [-0.2, 0) is 0 Å². The Balaban J connectivity index is 1.75. The van der Waals surface area contributed by atoms with Crippen LogP contribution in [-0.4, -0.2) is 5.97 Å². The van der Waals surface area contributed by atoms with Crippen molar-refractivity contribution >= 4 is 28.6 Å². The van der Waals surface area contributed by atoms with E-state index in [1.807, 2.05) is 61.5 Å². The molecule has 0 saturated heterocycles. The van der Waals surface area contributed by atoms with Crippen LogP contribution in [0.2, 0.25) is 0 Å². The number of rotatable bonds is 3. The summed E-state index contributed by atoms with van der Waals surface area (Å²) < 4.78 is 6.50. The zero-order valence-corrected chi connectivity index (χ0v) is 14.8. The molecule has 0 radical (unpaired) electrons. The van der Waals surface area contributed by atoms with Crippen molar-refractivity contribution < 1.29 is 9.53 Å². The molecule has 114 valence electrons. The Bertz CT molecular complexity index is 824. The van der Waals surface area contributed by atoms with Crippen LogP contribution in [0.15, 0.2) is 72.8 Å². The van der Waals surface area contributed by atoms with Crippen molar-refractivity contribution in [2.24, 2.45) is 0 Å². The van der Waals surface area contributed by atoms with Gasteiger partial charge in [-0.25, -0.2) is 4.79 Å². The Hall–Kier alpha value is -2.14. The van der Waals surface area contributed by atoms with Gasteiger partial charge >= 0.3 is 5.97 Å². The first-order valence-electron chi connectivity index (χ1n) is 7.27. The second-order valence-corrected chi connectivity index (χ2v) is 6.41. The van der Waals surface area contributed by atoms with E-state index in [1.54, 1.807) is 6.07 Å². The molecular weight excluding hydrogens is 399 g/mol. The van der Waals surface area contributed by atoms with E-state index < -0.39 is 0 Å². The summed E-state index contributed by atoms with van der Waals surface area (Å²) in [5, 5.41) is 0. The van der Waals surface area contributed by atoms with Crippen molar-refractivity contribution in [2.75, 3.05) is 0 Å². The molecule has 0 aliphatic heterocycles. The predicted octanol–water partition coefficient (Wildman–Crippen LogP) is 5.49. The molecule has 0 aliphatic carbocycles. The molecule has 0 aliphatic rings. The lowest BCUT2D eigenvalue weighted by atomic mass is 10.1. The van der Waals surface area contributed by atoms with Crippen molar-refractivity contribution in [1.29, 1.82) is 0 Å². The summed E-state index contributed by atoms with van der Waals surface area (Å²) in [6, 6.07) is 23.2. The first kappa shape index (κ1) is 15.7. The highest BCUT2D eigenvalue weighted by Gasteiger charge is 2.10. The minimum absolute atomic E-state index is 0.338. The molecule has 0 N–H and O–H groups in total. The molecule has 0 bridgehead atoms. The summed E-state index contributed by atoms with van der Waals surface area (Å²) in [4.78, 5) is 12.2. The van der Waals surface area contributed by atoms with E-state index >= 15 is 0 Å². The topological polar surface area (TPSA) is 26.3 Å². The molecule has 0 unspecified atom stereocenters. The molecule has 3 rings (SSSR count). The van der Waals surface area contributed by atoms with Gasteiger partial charge in [0.2, 0.25) is 0 Å². The normalized spacial score (nSPS) is 10.3. The van der Waals surface area contributed by atoms with Crippen LogP contribution in [0, 0.1) is 10.5 Å². The van der Waals surface area contributed by atoms with Crippen LogP contribution in [0.5, 0.6) is 5.75 Å². The lowest BCUT2D eigenvalue weighted by molar-refractivity contribution is 0.0734. The van der Waals surface area contributed by atoms with Gasteiger partial charge < -0.3 is 4.74 Å². The summed E-state index contributed by atoms with van der Waals surface area (Å²) in [6.07, 6.45) is 0. The summed E-state index contributed by atoms with van der Waals surface area (Å²) in [5.74, 6) is 0.209. The zero-order valence-electron chi connectivity index (χ0n) is 12.6. The Kier molecular flexibility index (Phi) is 4.76. The minimum Gasteiger partial charge on any atom is -0.423 e. The molecule has 0 saturated carbocycles. The van der Waals surface area contributed by atoms with E-state index in [4.69, 9.17) is 4.74 Å².